The minimum absolute atomic E-state index is 0.0515. The summed E-state index contributed by atoms with van der Waals surface area (Å²) in [5.74, 6) is 1.17. The summed E-state index contributed by atoms with van der Waals surface area (Å²) < 4.78 is 32.3. The zero-order valence-electron chi connectivity index (χ0n) is 13.6. The van der Waals surface area contributed by atoms with Crippen LogP contribution in [0, 0.1) is 6.92 Å². The molecule has 0 spiro atoms. The molecule has 2 aromatic rings. The number of amides is 1. The lowest BCUT2D eigenvalue weighted by Crippen LogP contribution is -2.27. The SMILES string of the molecule is Cc1ccc(C(C)NC(=O)c2ccc(S(=O)(=O)NC3CC3)cc2)o1. The Balaban J connectivity index is 1.67. The molecular weight excluding hydrogens is 328 g/mol. The fourth-order valence-corrected chi connectivity index (χ4v) is 3.62. The lowest BCUT2D eigenvalue weighted by atomic mass is 10.2. The number of carbonyl (C=O) groups excluding carboxylic acids is 1. The summed E-state index contributed by atoms with van der Waals surface area (Å²) in [7, 11) is -3.50. The van der Waals surface area contributed by atoms with Gasteiger partial charge in [-0.2, -0.15) is 0 Å². The van der Waals surface area contributed by atoms with E-state index < -0.39 is 10.0 Å². The molecule has 0 aliphatic heterocycles. The largest absolute Gasteiger partial charge is 0.464 e. The Morgan fingerprint density at radius 2 is 1.83 bits per heavy atom. The van der Waals surface area contributed by atoms with Crippen molar-refractivity contribution in [2.75, 3.05) is 0 Å². The highest BCUT2D eigenvalue weighted by atomic mass is 32.2. The summed E-state index contributed by atoms with van der Waals surface area (Å²) in [6, 6.07) is 9.35. The lowest BCUT2D eigenvalue weighted by Gasteiger charge is -2.12. The number of rotatable bonds is 6. The second-order valence-corrected chi connectivity index (χ2v) is 7.78. The van der Waals surface area contributed by atoms with Crippen LogP contribution in [0.5, 0.6) is 0 Å². The first-order valence-corrected chi connectivity index (χ1v) is 9.33. The average Bonchev–Trinajstić information content (AvgIpc) is 3.23. The Hall–Kier alpha value is -2.12. The van der Waals surface area contributed by atoms with Crippen LogP contribution in [-0.2, 0) is 10.0 Å². The van der Waals surface area contributed by atoms with Gasteiger partial charge in [-0.1, -0.05) is 0 Å². The number of nitrogens with one attached hydrogen (secondary N) is 2. The zero-order valence-corrected chi connectivity index (χ0v) is 14.4. The van der Waals surface area contributed by atoms with Crippen molar-refractivity contribution in [2.45, 2.75) is 43.7 Å². The van der Waals surface area contributed by atoms with Crippen molar-refractivity contribution in [1.82, 2.24) is 10.0 Å². The van der Waals surface area contributed by atoms with E-state index in [0.29, 0.717) is 11.3 Å². The molecule has 3 rings (SSSR count). The Bertz CT molecular complexity index is 836. The normalized spacial score (nSPS) is 15.9. The van der Waals surface area contributed by atoms with Gasteiger partial charge in [-0.3, -0.25) is 4.79 Å². The minimum atomic E-state index is -3.50. The van der Waals surface area contributed by atoms with Crippen LogP contribution >= 0.6 is 0 Å². The van der Waals surface area contributed by atoms with Gasteiger partial charge in [0.05, 0.1) is 10.9 Å². The van der Waals surface area contributed by atoms with Crippen molar-refractivity contribution in [3.05, 3.63) is 53.5 Å². The lowest BCUT2D eigenvalue weighted by molar-refractivity contribution is 0.0935. The van der Waals surface area contributed by atoms with Crippen LogP contribution < -0.4 is 10.0 Å². The Kier molecular flexibility index (Phi) is 4.47. The average molecular weight is 348 g/mol. The maximum atomic E-state index is 12.3. The summed E-state index contributed by atoms with van der Waals surface area (Å²) in [5, 5.41) is 2.83. The van der Waals surface area contributed by atoms with Gasteiger partial charge >= 0.3 is 0 Å². The van der Waals surface area contributed by atoms with Gasteiger partial charge < -0.3 is 9.73 Å². The van der Waals surface area contributed by atoms with Gasteiger partial charge in [0.15, 0.2) is 0 Å². The molecule has 1 aliphatic carbocycles. The summed E-state index contributed by atoms with van der Waals surface area (Å²) in [5.41, 5.74) is 0.399. The van der Waals surface area contributed by atoms with Gasteiger partial charge in [0.1, 0.15) is 11.5 Å². The molecule has 7 heteroatoms. The quantitative estimate of drug-likeness (QED) is 0.839. The molecule has 0 bridgehead atoms. The molecule has 2 N–H and O–H groups in total. The second-order valence-electron chi connectivity index (χ2n) is 6.06. The van der Waals surface area contributed by atoms with Crippen molar-refractivity contribution in [2.24, 2.45) is 0 Å². The predicted octanol–water partition coefficient (Wildman–Crippen LogP) is 2.52. The number of aryl methyl sites for hydroxylation is 1. The van der Waals surface area contributed by atoms with Crippen LogP contribution in [0.2, 0.25) is 0 Å². The van der Waals surface area contributed by atoms with E-state index in [4.69, 9.17) is 4.42 Å². The van der Waals surface area contributed by atoms with E-state index in [9.17, 15) is 13.2 Å². The highest BCUT2D eigenvalue weighted by Crippen LogP contribution is 2.22. The Labute approximate surface area is 141 Å². The molecule has 1 atom stereocenters. The number of hydrogen-bond acceptors (Lipinski definition) is 4. The number of sulfonamides is 1. The maximum absolute atomic E-state index is 12.3. The zero-order chi connectivity index (χ0) is 17.3. The van der Waals surface area contributed by atoms with Crippen molar-refractivity contribution < 1.29 is 17.6 Å². The van der Waals surface area contributed by atoms with Crippen LogP contribution in [0.4, 0.5) is 0 Å². The summed E-state index contributed by atoms with van der Waals surface area (Å²) in [6.45, 7) is 3.67. The highest BCUT2D eigenvalue weighted by Gasteiger charge is 2.28. The van der Waals surface area contributed by atoms with Gasteiger partial charge in [0, 0.05) is 11.6 Å². The van der Waals surface area contributed by atoms with Crippen molar-refractivity contribution in [3.8, 4) is 0 Å². The molecule has 0 radical (unpaired) electrons. The van der Waals surface area contributed by atoms with Crippen molar-refractivity contribution >= 4 is 15.9 Å². The fourth-order valence-electron chi connectivity index (χ4n) is 2.31. The standard InChI is InChI=1S/C17H20N2O4S/c1-11-3-10-16(23-11)12(2)18-17(20)13-4-8-15(9-5-13)24(21,22)19-14-6-7-14/h3-5,8-10,12,14,19H,6-7H2,1-2H3,(H,18,20). The van der Waals surface area contributed by atoms with Crippen LogP contribution in [-0.4, -0.2) is 20.4 Å². The number of hydrogen-bond donors (Lipinski definition) is 2. The first kappa shape index (κ1) is 16.7. The van der Waals surface area contributed by atoms with Crippen LogP contribution in [0.15, 0.2) is 45.7 Å². The summed E-state index contributed by atoms with van der Waals surface area (Å²) >= 11 is 0. The number of carbonyl (C=O) groups is 1. The molecule has 1 heterocycles. The van der Waals surface area contributed by atoms with Crippen LogP contribution in [0.1, 0.15) is 47.7 Å². The van der Waals surface area contributed by atoms with E-state index in [1.165, 1.54) is 24.3 Å². The smallest absolute Gasteiger partial charge is 0.251 e. The van der Waals surface area contributed by atoms with Gasteiger partial charge in [0.2, 0.25) is 10.0 Å². The molecule has 1 fully saturated rings. The molecule has 0 saturated heterocycles. The molecule has 1 aliphatic rings. The maximum Gasteiger partial charge on any atom is 0.251 e. The molecular formula is C17H20N2O4S. The molecule has 1 aromatic carbocycles. The van der Waals surface area contributed by atoms with E-state index in [1.54, 1.807) is 0 Å². The van der Waals surface area contributed by atoms with Gasteiger partial charge in [-0.15, -0.1) is 0 Å². The molecule has 128 valence electrons. The van der Waals surface area contributed by atoms with Gasteiger partial charge in [-0.25, -0.2) is 13.1 Å². The Morgan fingerprint density at radius 3 is 2.38 bits per heavy atom. The topological polar surface area (TPSA) is 88.4 Å². The molecule has 6 nitrogen and oxygen atoms in total. The molecule has 1 saturated carbocycles. The monoisotopic (exact) mass is 348 g/mol. The fraction of sp³-hybridized carbons (Fsp3) is 0.353. The van der Waals surface area contributed by atoms with Crippen molar-refractivity contribution in [1.29, 1.82) is 0 Å². The van der Waals surface area contributed by atoms with E-state index in [-0.39, 0.29) is 22.9 Å². The van der Waals surface area contributed by atoms with Crippen LogP contribution in [0.3, 0.4) is 0 Å². The molecule has 1 aromatic heterocycles. The third-order valence-electron chi connectivity index (χ3n) is 3.86. The summed E-state index contributed by atoms with van der Waals surface area (Å²) in [6.07, 6.45) is 1.76. The van der Waals surface area contributed by atoms with Gasteiger partial charge in [0.25, 0.3) is 5.91 Å². The Morgan fingerprint density at radius 1 is 1.17 bits per heavy atom. The first-order chi connectivity index (χ1) is 11.3. The summed E-state index contributed by atoms with van der Waals surface area (Å²) in [4.78, 5) is 12.4. The van der Waals surface area contributed by atoms with E-state index in [1.807, 2.05) is 26.0 Å². The second kappa shape index (κ2) is 6.41. The first-order valence-electron chi connectivity index (χ1n) is 7.85. The van der Waals surface area contributed by atoms with Gasteiger partial charge in [-0.05, 0) is 63.1 Å². The van der Waals surface area contributed by atoms with Crippen molar-refractivity contribution in [3.63, 3.8) is 0 Å². The third-order valence-corrected chi connectivity index (χ3v) is 5.40. The predicted molar refractivity (Wildman–Crippen MR) is 89.1 cm³/mol. The number of benzene rings is 1. The van der Waals surface area contributed by atoms with E-state index in [0.717, 1.165) is 18.6 Å². The molecule has 1 unspecified atom stereocenters. The molecule has 24 heavy (non-hydrogen) atoms. The molecule has 1 amide bonds. The van der Waals surface area contributed by atoms with E-state index >= 15 is 0 Å². The highest BCUT2D eigenvalue weighted by molar-refractivity contribution is 7.89. The van der Waals surface area contributed by atoms with E-state index in [2.05, 4.69) is 10.0 Å². The minimum Gasteiger partial charge on any atom is -0.464 e. The number of furan rings is 1. The third kappa shape index (κ3) is 3.85. The van der Waals surface area contributed by atoms with Crippen LogP contribution in [0.25, 0.3) is 0 Å².